The number of anilines is 1. The van der Waals surface area contributed by atoms with Crippen molar-refractivity contribution in [1.29, 1.82) is 0 Å². The van der Waals surface area contributed by atoms with Crippen LogP contribution in [-0.2, 0) is 4.74 Å². The van der Waals surface area contributed by atoms with Crippen molar-refractivity contribution in [1.82, 2.24) is 0 Å². The molecule has 0 bridgehead atoms. The minimum atomic E-state index is -0.625. The lowest BCUT2D eigenvalue weighted by molar-refractivity contribution is -0.385. The van der Waals surface area contributed by atoms with E-state index in [1.807, 2.05) is 6.92 Å². The number of hydrogen-bond acceptors (Lipinski definition) is 6. The van der Waals surface area contributed by atoms with Gasteiger partial charge in [-0.15, -0.1) is 0 Å². The van der Waals surface area contributed by atoms with E-state index in [0.717, 1.165) is 6.07 Å². The Morgan fingerprint density at radius 2 is 1.92 bits per heavy atom. The highest BCUT2D eigenvalue weighted by Crippen LogP contribution is 2.27. The van der Waals surface area contributed by atoms with Gasteiger partial charge in [0.15, 0.2) is 5.75 Å². The quantitative estimate of drug-likeness (QED) is 0.461. The number of nitro groups is 1. The summed E-state index contributed by atoms with van der Waals surface area (Å²) >= 11 is 0. The van der Waals surface area contributed by atoms with Crippen molar-refractivity contribution in [2.24, 2.45) is 0 Å². The predicted octanol–water partition coefficient (Wildman–Crippen LogP) is 3.42. The van der Waals surface area contributed by atoms with Crippen LogP contribution in [0.15, 0.2) is 42.5 Å². The summed E-state index contributed by atoms with van der Waals surface area (Å²) in [6, 6.07) is 10.2. The number of amides is 1. The Morgan fingerprint density at radius 1 is 1.15 bits per heavy atom. The standard InChI is InChI=1S/C18H18N2O6/c1-3-9-26-18(22)13-5-4-6-14(10-13)19-17(21)12-7-8-16(25-2)15(11-12)20(23)24/h4-8,10-11H,3,9H2,1-2H3,(H,19,21). The smallest absolute Gasteiger partial charge is 0.338 e. The van der Waals surface area contributed by atoms with E-state index in [2.05, 4.69) is 5.32 Å². The lowest BCUT2D eigenvalue weighted by Crippen LogP contribution is -2.13. The zero-order valence-electron chi connectivity index (χ0n) is 14.4. The van der Waals surface area contributed by atoms with Gasteiger partial charge in [0.25, 0.3) is 5.91 Å². The van der Waals surface area contributed by atoms with Gasteiger partial charge in [0.1, 0.15) is 0 Å². The van der Waals surface area contributed by atoms with Crippen molar-refractivity contribution >= 4 is 23.3 Å². The predicted molar refractivity (Wildman–Crippen MR) is 94.6 cm³/mol. The third-order valence-electron chi connectivity index (χ3n) is 3.43. The number of ether oxygens (including phenoxy) is 2. The van der Waals surface area contributed by atoms with Gasteiger partial charge in [0, 0.05) is 17.3 Å². The highest BCUT2D eigenvalue weighted by molar-refractivity contribution is 6.05. The van der Waals surface area contributed by atoms with Crippen molar-refractivity contribution in [3.05, 3.63) is 63.7 Å². The van der Waals surface area contributed by atoms with Crippen molar-refractivity contribution in [3.8, 4) is 5.75 Å². The molecule has 0 aliphatic heterocycles. The molecule has 2 aromatic rings. The second kappa shape index (κ2) is 8.61. The van der Waals surface area contributed by atoms with Crippen LogP contribution in [0.25, 0.3) is 0 Å². The highest BCUT2D eigenvalue weighted by Gasteiger charge is 2.18. The van der Waals surface area contributed by atoms with E-state index >= 15 is 0 Å². The van der Waals surface area contributed by atoms with Crippen LogP contribution in [0.2, 0.25) is 0 Å². The zero-order valence-corrected chi connectivity index (χ0v) is 14.4. The first-order valence-electron chi connectivity index (χ1n) is 7.87. The number of carbonyl (C=O) groups is 2. The van der Waals surface area contributed by atoms with Gasteiger partial charge in [-0.1, -0.05) is 13.0 Å². The van der Waals surface area contributed by atoms with Crippen LogP contribution >= 0.6 is 0 Å². The van der Waals surface area contributed by atoms with Gasteiger partial charge >= 0.3 is 11.7 Å². The summed E-state index contributed by atoms with van der Waals surface area (Å²) in [6.07, 6.45) is 0.707. The summed E-state index contributed by atoms with van der Waals surface area (Å²) in [7, 11) is 1.31. The van der Waals surface area contributed by atoms with E-state index in [9.17, 15) is 19.7 Å². The Hall–Kier alpha value is -3.42. The van der Waals surface area contributed by atoms with E-state index in [1.165, 1.54) is 25.3 Å². The SMILES string of the molecule is CCCOC(=O)c1cccc(NC(=O)c2ccc(OC)c([N+](=O)[O-])c2)c1. The molecule has 2 aromatic carbocycles. The van der Waals surface area contributed by atoms with Crippen molar-refractivity contribution in [2.45, 2.75) is 13.3 Å². The normalized spacial score (nSPS) is 10.1. The topological polar surface area (TPSA) is 108 Å². The fourth-order valence-electron chi connectivity index (χ4n) is 2.18. The molecule has 0 heterocycles. The third kappa shape index (κ3) is 4.56. The third-order valence-corrected chi connectivity index (χ3v) is 3.43. The van der Waals surface area contributed by atoms with Crippen LogP contribution in [0.3, 0.4) is 0 Å². The van der Waals surface area contributed by atoms with E-state index < -0.39 is 16.8 Å². The van der Waals surface area contributed by atoms with Gasteiger partial charge in [-0.3, -0.25) is 14.9 Å². The Balaban J connectivity index is 2.19. The number of benzene rings is 2. The first-order valence-corrected chi connectivity index (χ1v) is 7.87. The molecule has 0 saturated carbocycles. The summed E-state index contributed by atoms with van der Waals surface area (Å²) in [5, 5.41) is 13.7. The molecule has 26 heavy (non-hydrogen) atoms. The lowest BCUT2D eigenvalue weighted by atomic mass is 10.1. The van der Waals surface area contributed by atoms with Crippen molar-refractivity contribution < 1.29 is 24.0 Å². The van der Waals surface area contributed by atoms with E-state index in [4.69, 9.17) is 9.47 Å². The molecule has 8 nitrogen and oxygen atoms in total. The second-order valence-electron chi connectivity index (χ2n) is 5.31. The van der Waals surface area contributed by atoms with E-state index in [1.54, 1.807) is 18.2 Å². The van der Waals surface area contributed by atoms with Gasteiger partial charge in [-0.2, -0.15) is 0 Å². The summed E-state index contributed by atoms with van der Waals surface area (Å²) in [5.41, 5.74) is 0.463. The molecule has 0 saturated heterocycles. The minimum Gasteiger partial charge on any atom is -0.490 e. The summed E-state index contributed by atoms with van der Waals surface area (Å²) in [4.78, 5) is 34.7. The maximum Gasteiger partial charge on any atom is 0.338 e. The average Bonchev–Trinajstić information content (AvgIpc) is 2.65. The molecule has 0 aromatic heterocycles. The van der Waals surface area contributed by atoms with Crippen LogP contribution in [0.4, 0.5) is 11.4 Å². The van der Waals surface area contributed by atoms with Crippen LogP contribution in [0.1, 0.15) is 34.1 Å². The Bertz CT molecular complexity index is 834. The average molecular weight is 358 g/mol. The van der Waals surface area contributed by atoms with Crippen LogP contribution < -0.4 is 10.1 Å². The molecule has 0 aliphatic carbocycles. The Kier molecular flexibility index (Phi) is 6.26. The molecule has 136 valence electrons. The monoisotopic (exact) mass is 358 g/mol. The first kappa shape index (κ1) is 18.9. The summed E-state index contributed by atoms with van der Waals surface area (Å²) in [6.45, 7) is 2.20. The fraction of sp³-hybridized carbons (Fsp3) is 0.222. The molecule has 0 fully saturated rings. The maximum atomic E-state index is 12.4. The minimum absolute atomic E-state index is 0.0622. The second-order valence-corrected chi connectivity index (χ2v) is 5.31. The van der Waals surface area contributed by atoms with E-state index in [0.29, 0.717) is 24.3 Å². The number of nitrogens with zero attached hydrogens (tertiary/aromatic N) is 1. The molecule has 8 heteroatoms. The van der Waals surface area contributed by atoms with Crippen LogP contribution in [0.5, 0.6) is 5.75 Å². The molecule has 0 atom stereocenters. The van der Waals surface area contributed by atoms with Crippen molar-refractivity contribution in [2.75, 3.05) is 19.0 Å². The molecular formula is C18H18N2O6. The Labute approximate surface area is 149 Å². The number of rotatable bonds is 7. The molecule has 0 radical (unpaired) electrons. The molecule has 0 spiro atoms. The molecule has 2 rings (SSSR count). The van der Waals surface area contributed by atoms with Gasteiger partial charge < -0.3 is 14.8 Å². The fourth-order valence-corrected chi connectivity index (χ4v) is 2.18. The molecule has 1 amide bonds. The molecule has 1 N–H and O–H groups in total. The number of carbonyl (C=O) groups excluding carboxylic acids is 2. The molecular weight excluding hydrogens is 340 g/mol. The van der Waals surface area contributed by atoms with E-state index in [-0.39, 0.29) is 17.0 Å². The molecule has 0 aliphatic rings. The zero-order chi connectivity index (χ0) is 19.1. The van der Waals surface area contributed by atoms with Gasteiger partial charge in [-0.05, 0) is 36.8 Å². The number of methoxy groups -OCH3 is 1. The van der Waals surface area contributed by atoms with Crippen molar-refractivity contribution in [3.63, 3.8) is 0 Å². The lowest BCUT2D eigenvalue weighted by Gasteiger charge is -2.08. The Morgan fingerprint density at radius 3 is 2.58 bits per heavy atom. The van der Waals surface area contributed by atoms with Gasteiger partial charge in [0.05, 0.1) is 24.2 Å². The number of esters is 1. The number of nitro benzene ring substituents is 1. The molecule has 0 unspecified atom stereocenters. The maximum absolute atomic E-state index is 12.4. The largest absolute Gasteiger partial charge is 0.490 e. The van der Waals surface area contributed by atoms with Gasteiger partial charge in [-0.25, -0.2) is 4.79 Å². The summed E-state index contributed by atoms with van der Waals surface area (Å²) < 4.78 is 9.96. The van der Waals surface area contributed by atoms with Crippen LogP contribution in [-0.4, -0.2) is 30.5 Å². The van der Waals surface area contributed by atoms with Crippen LogP contribution in [0, 0.1) is 10.1 Å². The number of nitrogens with one attached hydrogen (secondary N) is 1. The summed E-state index contributed by atoms with van der Waals surface area (Å²) in [5.74, 6) is -0.968. The van der Waals surface area contributed by atoms with Gasteiger partial charge in [0.2, 0.25) is 0 Å². The highest BCUT2D eigenvalue weighted by atomic mass is 16.6. The number of hydrogen-bond donors (Lipinski definition) is 1. The first-order chi connectivity index (χ1) is 12.5.